The lowest BCUT2D eigenvalue weighted by Gasteiger charge is -2.11. The minimum Gasteiger partial charge on any atom is -0.397 e. The highest BCUT2D eigenvalue weighted by Crippen LogP contribution is 2.28. The van der Waals surface area contributed by atoms with Crippen LogP contribution >= 0.6 is 23.2 Å². The molecule has 0 aromatic heterocycles. The molecule has 0 unspecified atom stereocenters. The smallest absolute Gasteiger partial charge is 0.248 e. The Bertz CT molecular complexity index is 624. The maximum Gasteiger partial charge on any atom is 0.248 e. The first-order chi connectivity index (χ1) is 8.95. The molecule has 0 saturated carbocycles. The fourth-order valence-corrected chi connectivity index (χ4v) is 2.13. The van der Waals surface area contributed by atoms with E-state index in [4.69, 9.17) is 34.7 Å². The van der Waals surface area contributed by atoms with E-state index in [9.17, 15) is 4.79 Å². The number of carbonyl (C=O) groups is 1. The minimum atomic E-state index is -0.521. The van der Waals surface area contributed by atoms with Crippen LogP contribution in [0.5, 0.6) is 0 Å². The van der Waals surface area contributed by atoms with Crippen LogP contribution in [-0.2, 0) is 0 Å². The van der Waals surface area contributed by atoms with Crippen molar-refractivity contribution in [3.8, 4) is 0 Å². The van der Waals surface area contributed by atoms with Crippen molar-refractivity contribution in [3.05, 3.63) is 52.0 Å². The molecule has 0 bridgehead atoms. The first-order valence-electron chi connectivity index (χ1n) is 5.38. The van der Waals surface area contributed by atoms with Gasteiger partial charge in [-0.3, -0.25) is 4.79 Å². The van der Waals surface area contributed by atoms with Gasteiger partial charge >= 0.3 is 0 Å². The SMILES string of the molecule is NC(=O)c1ccc(N)c(Nc2cc(Cl)cc(Cl)c2)c1. The number of hydrogen-bond donors (Lipinski definition) is 3. The summed E-state index contributed by atoms with van der Waals surface area (Å²) >= 11 is 11.8. The first kappa shape index (κ1) is 13.5. The van der Waals surface area contributed by atoms with Gasteiger partial charge in [-0.1, -0.05) is 23.2 Å². The lowest BCUT2D eigenvalue weighted by molar-refractivity contribution is 0.100. The fourth-order valence-electron chi connectivity index (χ4n) is 1.60. The van der Waals surface area contributed by atoms with E-state index in [2.05, 4.69) is 5.32 Å². The van der Waals surface area contributed by atoms with Gasteiger partial charge in [0.2, 0.25) is 5.91 Å². The van der Waals surface area contributed by atoms with Gasteiger partial charge in [0.05, 0.1) is 11.4 Å². The number of hydrogen-bond acceptors (Lipinski definition) is 3. The van der Waals surface area contributed by atoms with E-state index in [1.807, 2.05) is 0 Å². The Morgan fingerprint density at radius 1 is 1.05 bits per heavy atom. The minimum absolute atomic E-state index is 0.366. The monoisotopic (exact) mass is 295 g/mol. The van der Waals surface area contributed by atoms with Crippen LogP contribution in [0.4, 0.5) is 17.1 Å². The van der Waals surface area contributed by atoms with Crippen molar-refractivity contribution in [2.24, 2.45) is 5.73 Å². The van der Waals surface area contributed by atoms with Gasteiger partial charge in [0.15, 0.2) is 0 Å². The largest absolute Gasteiger partial charge is 0.397 e. The second-order valence-electron chi connectivity index (χ2n) is 3.95. The standard InChI is InChI=1S/C13H11Cl2N3O/c14-8-4-9(15)6-10(5-8)18-12-3-7(13(17)19)1-2-11(12)16/h1-6,18H,16H2,(H2,17,19). The summed E-state index contributed by atoms with van der Waals surface area (Å²) in [5.74, 6) is -0.521. The second kappa shape index (κ2) is 5.38. The highest BCUT2D eigenvalue weighted by atomic mass is 35.5. The topological polar surface area (TPSA) is 81.1 Å². The molecule has 0 radical (unpaired) electrons. The second-order valence-corrected chi connectivity index (χ2v) is 4.82. The molecular weight excluding hydrogens is 285 g/mol. The van der Waals surface area contributed by atoms with Crippen molar-refractivity contribution < 1.29 is 4.79 Å². The third-order valence-corrected chi connectivity index (χ3v) is 2.92. The Balaban J connectivity index is 2.37. The number of amides is 1. The summed E-state index contributed by atoms with van der Waals surface area (Å²) in [7, 11) is 0. The predicted molar refractivity (Wildman–Crippen MR) is 79.1 cm³/mol. The van der Waals surface area contributed by atoms with E-state index in [1.165, 1.54) is 0 Å². The summed E-state index contributed by atoms with van der Waals surface area (Å²) in [6.45, 7) is 0. The molecule has 1 amide bonds. The average molecular weight is 296 g/mol. The summed E-state index contributed by atoms with van der Waals surface area (Å²) in [5, 5.41) is 4.05. The van der Waals surface area contributed by atoms with Crippen molar-refractivity contribution in [1.29, 1.82) is 0 Å². The molecule has 0 spiro atoms. The van der Waals surface area contributed by atoms with Crippen LogP contribution in [0.15, 0.2) is 36.4 Å². The number of anilines is 3. The molecule has 19 heavy (non-hydrogen) atoms. The van der Waals surface area contributed by atoms with E-state index >= 15 is 0 Å². The molecule has 0 fully saturated rings. The number of benzene rings is 2. The normalized spacial score (nSPS) is 10.2. The van der Waals surface area contributed by atoms with Gasteiger partial charge in [0.1, 0.15) is 0 Å². The van der Waals surface area contributed by atoms with E-state index < -0.39 is 5.91 Å². The summed E-state index contributed by atoms with van der Waals surface area (Å²) in [6.07, 6.45) is 0. The molecule has 0 heterocycles. The van der Waals surface area contributed by atoms with Crippen molar-refractivity contribution >= 4 is 46.2 Å². The molecule has 2 aromatic carbocycles. The lowest BCUT2D eigenvalue weighted by Crippen LogP contribution is -2.11. The van der Waals surface area contributed by atoms with Gasteiger partial charge in [0, 0.05) is 21.3 Å². The Kier molecular flexibility index (Phi) is 3.83. The Morgan fingerprint density at radius 2 is 1.68 bits per heavy atom. The number of nitrogens with two attached hydrogens (primary N) is 2. The zero-order valence-corrected chi connectivity index (χ0v) is 11.3. The molecule has 0 atom stereocenters. The van der Waals surface area contributed by atoms with Crippen LogP contribution in [0.3, 0.4) is 0 Å². The average Bonchev–Trinajstić information content (AvgIpc) is 2.30. The molecule has 0 aliphatic heterocycles. The van der Waals surface area contributed by atoms with E-state index in [0.29, 0.717) is 32.7 Å². The molecule has 2 rings (SSSR count). The summed E-state index contributed by atoms with van der Waals surface area (Å²) in [5.41, 5.74) is 13.1. The van der Waals surface area contributed by atoms with Gasteiger partial charge in [-0.15, -0.1) is 0 Å². The predicted octanol–water partition coefficient (Wildman–Crippen LogP) is 3.42. The van der Waals surface area contributed by atoms with Crippen LogP contribution in [0.1, 0.15) is 10.4 Å². The number of halogens is 2. The number of primary amides is 1. The maximum atomic E-state index is 11.1. The third-order valence-electron chi connectivity index (χ3n) is 2.48. The summed E-state index contributed by atoms with van der Waals surface area (Å²) in [4.78, 5) is 11.1. The summed E-state index contributed by atoms with van der Waals surface area (Å²) < 4.78 is 0. The van der Waals surface area contributed by atoms with Crippen molar-refractivity contribution in [1.82, 2.24) is 0 Å². The van der Waals surface area contributed by atoms with E-state index in [0.717, 1.165) is 0 Å². The van der Waals surface area contributed by atoms with Crippen molar-refractivity contribution in [2.45, 2.75) is 0 Å². The molecule has 0 aliphatic rings. The fraction of sp³-hybridized carbons (Fsp3) is 0. The van der Waals surface area contributed by atoms with Gasteiger partial charge in [-0.25, -0.2) is 0 Å². The molecule has 0 aliphatic carbocycles. The molecule has 5 N–H and O–H groups in total. The van der Waals surface area contributed by atoms with E-state index in [-0.39, 0.29) is 0 Å². The van der Waals surface area contributed by atoms with Gasteiger partial charge < -0.3 is 16.8 Å². The number of carbonyl (C=O) groups excluding carboxylic acids is 1. The number of rotatable bonds is 3. The van der Waals surface area contributed by atoms with Gasteiger partial charge in [0.25, 0.3) is 0 Å². The highest BCUT2D eigenvalue weighted by Gasteiger charge is 2.06. The molecule has 98 valence electrons. The molecule has 4 nitrogen and oxygen atoms in total. The molecule has 0 saturated heterocycles. The molecule has 2 aromatic rings. The zero-order chi connectivity index (χ0) is 14.0. The highest BCUT2D eigenvalue weighted by molar-refractivity contribution is 6.35. The number of nitrogens with one attached hydrogen (secondary N) is 1. The zero-order valence-electron chi connectivity index (χ0n) is 9.78. The maximum absolute atomic E-state index is 11.1. The Labute approximate surface area is 120 Å². The van der Waals surface area contributed by atoms with Crippen LogP contribution in [-0.4, -0.2) is 5.91 Å². The van der Waals surface area contributed by atoms with Crippen molar-refractivity contribution in [2.75, 3.05) is 11.1 Å². The Morgan fingerprint density at radius 3 is 2.26 bits per heavy atom. The third kappa shape index (κ3) is 3.30. The first-order valence-corrected chi connectivity index (χ1v) is 6.14. The van der Waals surface area contributed by atoms with E-state index in [1.54, 1.807) is 36.4 Å². The molecule has 6 heteroatoms. The van der Waals surface area contributed by atoms with Crippen LogP contribution in [0.2, 0.25) is 10.0 Å². The van der Waals surface area contributed by atoms with Gasteiger partial charge in [-0.05, 0) is 36.4 Å². The quantitative estimate of drug-likeness (QED) is 0.759. The summed E-state index contributed by atoms with van der Waals surface area (Å²) in [6, 6.07) is 9.76. The number of nitrogen functional groups attached to an aromatic ring is 1. The van der Waals surface area contributed by atoms with Crippen molar-refractivity contribution in [3.63, 3.8) is 0 Å². The Hall–Kier alpha value is -1.91. The lowest BCUT2D eigenvalue weighted by atomic mass is 10.1. The molecular formula is C13H11Cl2N3O. The van der Waals surface area contributed by atoms with Crippen LogP contribution < -0.4 is 16.8 Å². The van der Waals surface area contributed by atoms with Gasteiger partial charge in [-0.2, -0.15) is 0 Å². The van der Waals surface area contributed by atoms with Crippen LogP contribution in [0, 0.1) is 0 Å². The van der Waals surface area contributed by atoms with Crippen LogP contribution in [0.25, 0.3) is 0 Å².